The molecule has 0 aliphatic rings. The number of hydrogen-bond acceptors (Lipinski definition) is 4. The molecule has 0 amide bonds. The molecule has 1 atom stereocenters. The second-order valence-electron chi connectivity index (χ2n) is 4.51. The average molecular weight is 327 g/mol. The average Bonchev–Trinajstić information content (AvgIpc) is 2.78. The molecule has 6 nitrogen and oxygen atoms in total. The van der Waals surface area contributed by atoms with Crippen molar-refractivity contribution in [2.45, 2.75) is 18.2 Å². The third-order valence-electron chi connectivity index (χ3n) is 2.89. The number of nitrogens with zero attached hydrogens (tertiary/aromatic N) is 3. The molecule has 0 aliphatic carbocycles. The Kier molecular flexibility index (Phi) is 4.04. The Balaban J connectivity index is 2.23. The zero-order chi connectivity index (χ0) is 14.0. The van der Waals surface area contributed by atoms with E-state index in [1.165, 1.54) is 12.1 Å². The van der Waals surface area contributed by atoms with Crippen molar-refractivity contribution >= 4 is 38.6 Å². The number of alkyl halides is 1. The van der Waals surface area contributed by atoms with Gasteiger partial charge in [-0.1, -0.05) is 22.9 Å². The molecule has 0 fully saturated rings. The lowest BCUT2D eigenvalue weighted by Crippen LogP contribution is -2.21. The Hall–Kier alpha value is -1.63. The van der Waals surface area contributed by atoms with Crippen molar-refractivity contribution in [3.63, 3.8) is 0 Å². The van der Waals surface area contributed by atoms with Gasteiger partial charge >= 0.3 is 0 Å². The van der Waals surface area contributed by atoms with Crippen molar-refractivity contribution in [1.82, 2.24) is 9.97 Å². The highest BCUT2D eigenvalue weighted by atomic mass is 79.9. The predicted molar refractivity (Wildman–Crippen MR) is 79.0 cm³/mol. The summed E-state index contributed by atoms with van der Waals surface area (Å²) >= 11 is 3.50. The molecule has 0 bridgehead atoms. The van der Waals surface area contributed by atoms with Crippen LogP contribution in [0.3, 0.4) is 0 Å². The highest BCUT2D eigenvalue weighted by Gasteiger charge is 2.12. The van der Waals surface area contributed by atoms with E-state index in [1.807, 2.05) is 11.9 Å². The molecule has 2 aromatic rings. The Morgan fingerprint density at radius 3 is 2.95 bits per heavy atom. The van der Waals surface area contributed by atoms with Gasteiger partial charge in [-0.3, -0.25) is 10.1 Å². The van der Waals surface area contributed by atoms with Gasteiger partial charge in [0, 0.05) is 30.6 Å². The summed E-state index contributed by atoms with van der Waals surface area (Å²) < 4.78 is 0. The molecule has 1 aromatic heterocycles. The quantitative estimate of drug-likeness (QED) is 0.520. The molecule has 1 unspecified atom stereocenters. The van der Waals surface area contributed by atoms with Crippen molar-refractivity contribution in [2.24, 2.45) is 0 Å². The number of nitro benzene ring substituents is 1. The first kappa shape index (κ1) is 13.8. The minimum absolute atomic E-state index is 0.0689. The monoisotopic (exact) mass is 326 g/mol. The third-order valence-corrected chi connectivity index (χ3v) is 3.35. The third kappa shape index (κ3) is 3.23. The fourth-order valence-electron chi connectivity index (χ4n) is 1.76. The first-order valence-electron chi connectivity index (χ1n) is 5.96. The number of H-pyrrole nitrogens is 1. The maximum absolute atomic E-state index is 10.7. The summed E-state index contributed by atoms with van der Waals surface area (Å²) in [5.74, 6) is 0.726. The van der Waals surface area contributed by atoms with E-state index < -0.39 is 4.92 Å². The zero-order valence-corrected chi connectivity index (χ0v) is 12.3. The van der Waals surface area contributed by atoms with Gasteiger partial charge in [0.05, 0.1) is 16.0 Å². The van der Waals surface area contributed by atoms with Crippen molar-refractivity contribution < 1.29 is 4.92 Å². The molecule has 1 N–H and O–H groups in total. The van der Waals surface area contributed by atoms with Gasteiger partial charge in [0.1, 0.15) is 0 Å². The molecular formula is C12H15BrN4O2. The Bertz CT molecular complexity index is 596. The van der Waals surface area contributed by atoms with E-state index in [-0.39, 0.29) is 5.69 Å². The lowest BCUT2D eigenvalue weighted by molar-refractivity contribution is -0.384. The molecule has 0 radical (unpaired) electrons. The fourth-order valence-corrected chi connectivity index (χ4v) is 1.96. The van der Waals surface area contributed by atoms with Crippen LogP contribution >= 0.6 is 15.9 Å². The first-order chi connectivity index (χ1) is 8.97. The zero-order valence-electron chi connectivity index (χ0n) is 10.8. The van der Waals surface area contributed by atoms with Crippen LogP contribution in [0.5, 0.6) is 0 Å². The highest BCUT2D eigenvalue weighted by molar-refractivity contribution is 9.09. The summed E-state index contributed by atoms with van der Waals surface area (Å²) in [5, 5.41) is 10.7. The molecule has 102 valence electrons. The first-order valence-corrected chi connectivity index (χ1v) is 6.88. The van der Waals surface area contributed by atoms with E-state index in [0.29, 0.717) is 10.3 Å². The molecule has 0 saturated heterocycles. The van der Waals surface area contributed by atoms with Crippen LogP contribution in [0.1, 0.15) is 13.3 Å². The summed E-state index contributed by atoms with van der Waals surface area (Å²) in [6.07, 6.45) is 0.994. The minimum atomic E-state index is -0.407. The van der Waals surface area contributed by atoms with Gasteiger partial charge < -0.3 is 9.88 Å². The van der Waals surface area contributed by atoms with E-state index in [9.17, 15) is 10.1 Å². The second kappa shape index (κ2) is 5.56. The number of fused-ring (bicyclic) bond motifs is 1. The number of non-ortho nitro benzene ring substituents is 1. The highest BCUT2D eigenvalue weighted by Crippen LogP contribution is 2.22. The van der Waals surface area contributed by atoms with Crippen molar-refractivity contribution in [2.75, 3.05) is 18.5 Å². The summed E-state index contributed by atoms with van der Waals surface area (Å²) in [6, 6.07) is 4.63. The van der Waals surface area contributed by atoms with Crippen molar-refractivity contribution in [3.05, 3.63) is 28.3 Å². The fraction of sp³-hybridized carbons (Fsp3) is 0.417. The smallest absolute Gasteiger partial charge is 0.271 e. The number of rotatable bonds is 5. The number of imidazole rings is 1. The summed E-state index contributed by atoms with van der Waals surface area (Å²) in [6.45, 7) is 2.95. The molecule has 1 heterocycles. The van der Waals surface area contributed by atoms with E-state index in [4.69, 9.17) is 0 Å². The molecule has 0 saturated carbocycles. The van der Waals surface area contributed by atoms with Crippen LogP contribution in [-0.2, 0) is 0 Å². The van der Waals surface area contributed by atoms with Crippen LogP contribution in [0.2, 0.25) is 0 Å². The molecule has 0 aliphatic heterocycles. The number of nitrogens with one attached hydrogen (secondary N) is 1. The number of nitro groups is 1. The van der Waals surface area contributed by atoms with Crippen LogP contribution in [0, 0.1) is 10.1 Å². The summed E-state index contributed by atoms with van der Waals surface area (Å²) in [7, 11) is 1.95. The summed E-state index contributed by atoms with van der Waals surface area (Å²) in [5.41, 5.74) is 1.49. The lowest BCUT2D eigenvalue weighted by atomic mass is 10.3. The van der Waals surface area contributed by atoms with Crippen molar-refractivity contribution in [3.8, 4) is 0 Å². The SMILES string of the molecule is CC(Br)CCN(C)c1nc2ccc([N+](=O)[O-])cc2[nH]1. The molecule has 0 spiro atoms. The minimum Gasteiger partial charge on any atom is -0.345 e. The summed E-state index contributed by atoms with van der Waals surface area (Å²) in [4.78, 5) is 20.3. The number of hydrogen-bond donors (Lipinski definition) is 1. The standard InChI is InChI=1S/C12H15BrN4O2/c1-8(13)5-6-16(2)12-14-10-4-3-9(17(18)19)7-11(10)15-12/h3-4,7-8H,5-6H2,1-2H3,(H,14,15). The molecule has 1 aromatic carbocycles. The molecule has 7 heteroatoms. The second-order valence-corrected chi connectivity index (χ2v) is 6.07. The van der Waals surface area contributed by atoms with Crippen LogP contribution in [-0.4, -0.2) is 33.3 Å². The Morgan fingerprint density at radius 2 is 2.32 bits per heavy atom. The van der Waals surface area contributed by atoms with Gasteiger partial charge in [-0.05, 0) is 12.5 Å². The normalized spacial score (nSPS) is 12.6. The molecule has 2 rings (SSSR count). The van der Waals surface area contributed by atoms with Crippen molar-refractivity contribution in [1.29, 1.82) is 0 Å². The number of aromatic nitrogens is 2. The van der Waals surface area contributed by atoms with Gasteiger partial charge in [0.2, 0.25) is 5.95 Å². The maximum Gasteiger partial charge on any atom is 0.271 e. The number of aromatic amines is 1. The molecular weight excluding hydrogens is 312 g/mol. The van der Waals surface area contributed by atoms with Crippen LogP contribution in [0.15, 0.2) is 18.2 Å². The number of benzene rings is 1. The molecule has 19 heavy (non-hydrogen) atoms. The van der Waals surface area contributed by atoms with E-state index in [1.54, 1.807) is 6.07 Å². The number of anilines is 1. The predicted octanol–water partition coefficient (Wildman–Crippen LogP) is 3.08. The van der Waals surface area contributed by atoms with Gasteiger partial charge in [0.25, 0.3) is 5.69 Å². The van der Waals surface area contributed by atoms with Crippen LogP contribution in [0.4, 0.5) is 11.6 Å². The van der Waals surface area contributed by atoms with E-state index in [2.05, 4.69) is 32.8 Å². The van der Waals surface area contributed by atoms with Gasteiger partial charge in [-0.15, -0.1) is 0 Å². The van der Waals surface area contributed by atoms with Gasteiger partial charge in [-0.25, -0.2) is 4.98 Å². The van der Waals surface area contributed by atoms with E-state index in [0.717, 1.165) is 24.4 Å². The van der Waals surface area contributed by atoms with Gasteiger partial charge in [-0.2, -0.15) is 0 Å². The number of halogens is 1. The lowest BCUT2D eigenvalue weighted by Gasteiger charge is -2.16. The topological polar surface area (TPSA) is 75.1 Å². The Labute approximate surface area is 119 Å². The Morgan fingerprint density at radius 1 is 1.58 bits per heavy atom. The van der Waals surface area contributed by atoms with Crippen LogP contribution in [0.25, 0.3) is 11.0 Å². The van der Waals surface area contributed by atoms with Crippen LogP contribution < -0.4 is 4.90 Å². The van der Waals surface area contributed by atoms with E-state index >= 15 is 0 Å². The largest absolute Gasteiger partial charge is 0.345 e. The van der Waals surface area contributed by atoms with Gasteiger partial charge in [0.15, 0.2) is 0 Å². The maximum atomic E-state index is 10.7.